The molecule has 0 spiro atoms. The molecule has 1 saturated heterocycles. The summed E-state index contributed by atoms with van der Waals surface area (Å²) in [6, 6.07) is 0.665. The lowest BCUT2D eigenvalue weighted by Crippen LogP contribution is -2.32. The summed E-state index contributed by atoms with van der Waals surface area (Å²) in [5.41, 5.74) is 1.25. The Labute approximate surface area is 123 Å². The van der Waals surface area contributed by atoms with Crippen molar-refractivity contribution in [3.63, 3.8) is 0 Å². The maximum absolute atomic E-state index is 4.64. The zero-order valence-electron chi connectivity index (χ0n) is 13.6. The van der Waals surface area contributed by atoms with Gasteiger partial charge in [-0.3, -0.25) is 0 Å². The number of hydrogen-bond donors (Lipinski definition) is 0. The van der Waals surface area contributed by atoms with E-state index in [4.69, 9.17) is 0 Å². The molecule has 4 nitrogen and oxygen atoms in total. The molecule has 20 heavy (non-hydrogen) atoms. The first-order chi connectivity index (χ1) is 9.51. The Morgan fingerprint density at radius 2 is 2.20 bits per heavy atom. The van der Waals surface area contributed by atoms with Crippen LogP contribution < -0.4 is 4.90 Å². The third-order valence-electron chi connectivity index (χ3n) is 4.28. The van der Waals surface area contributed by atoms with Gasteiger partial charge in [0.05, 0.1) is 0 Å². The maximum atomic E-state index is 4.64. The predicted octanol–water partition coefficient (Wildman–Crippen LogP) is 2.51. The van der Waals surface area contributed by atoms with E-state index < -0.39 is 0 Å². The summed E-state index contributed by atoms with van der Waals surface area (Å²) >= 11 is 0. The molecule has 1 atom stereocenters. The van der Waals surface area contributed by atoms with Crippen molar-refractivity contribution in [2.75, 3.05) is 31.6 Å². The minimum absolute atomic E-state index is 0.665. The van der Waals surface area contributed by atoms with E-state index in [1.807, 2.05) is 13.1 Å². The highest BCUT2D eigenvalue weighted by atomic mass is 15.2. The van der Waals surface area contributed by atoms with Crippen molar-refractivity contribution in [3.8, 4) is 0 Å². The van der Waals surface area contributed by atoms with Crippen molar-refractivity contribution in [1.82, 2.24) is 14.9 Å². The third-order valence-corrected chi connectivity index (χ3v) is 4.28. The molecular weight excluding hydrogens is 248 g/mol. The highest BCUT2D eigenvalue weighted by molar-refractivity contribution is 5.45. The van der Waals surface area contributed by atoms with Crippen LogP contribution in [0.3, 0.4) is 0 Å². The minimum Gasteiger partial charge on any atom is -0.359 e. The van der Waals surface area contributed by atoms with Crippen molar-refractivity contribution < 1.29 is 0 Å². The number of hydrogen-bond acceptors (Lipinski definition) is 4. The fourth-order valence-corrected chi connectivity index (χ4v) is 3.02. The van der Waals surface area contributed by atoms with Crippen LogP contribution in [-0.2, 0) is 6.42 Å². The number of aryl methyl sites for hydroxylation is 2. The number of nitrogens with zero attached hydrogens (tertiary/aromatic N) is 4. The lowest BCUT2D eigenvalue weighted by Gasteiger charge is -2.25. The first-order valence-electron chi connectivity index (χ1n) is 7.79. The summed E-state index contributed by atoms with van der Waals surface area (Å²) in [4.78, 5) is 13.9. The van der Waals surface area contributed by atoms with Gasteiger partial charge < -0.3 is 9.80 Å². The molecule has 0 amide bonds. The van der Waals surface area contributed by atoms with Gasteiger partial charge in [0.25, 0.3) is 0 Å². The van der Waals surface area contributed by atoms with E-state index in [0.29, 0.717) is 6.04 Å². The molecule has 1 aromatic rings. The van der Waals surface area contributed by atoms with Gasteiger partial charge in [-0.05, 0) is 46.1 Å². The molecule has 4 heteroatoms. The molecule has 0 bridgehead atoms. The zero-order valence-corrected chi connectivity index (χ0v) is 13.6. The molecule has 2 rings (SSSR count). The van der Waals surface area contributed by atoms with Crippen molar-refractivity contribution in [2.45, 2.75) is 46.6 Å². The number of aromatic nitrogens is 2. The van der Waals surface area contributed by atoms with E-state index in [2.05, 4.69) is 47.6 Å². The lowest BCUT2D eigenvalue weighted by atomic mass is 10.1. The Morgan fingerprint density at radius 3 is 2.80 bits per heavy atom. The quantitative estimate of drug-likeness (QED) is 0.827. The van der Waals surface area contributed by atoms with Gasteiger partial charge >= 0.3 is 0 Å². The molecular formula is C16H28N4. The first-order valence-corrected chi connectivity index (χ1v) is 7.79. The Hall–Kier alpha value is -1.16. The summed E-state index contributed by atoms with van der Waals surface area (Å²) in [5.74, 6) is 2.73. The number of anilines is 1. The maximum Gasteiger partial charge on any atom is 0.135 e. The SMILES string of the molecule is CCc1cnc(C)nc1N(C)C[C@H]1CCN(C(C)C)C1. The molecule has 1 aromatic heterocycles. The van der Waals surface area contributed by atoms with E-state index in [0.717, 1.165) is 30.5 Å². The van der Waals surface area contributed by atoms with Crippen LogP contribution in [-0.4, -0.2) is 47.6 Å². The highest BCUT2D eigenvalue weighted by Gasteiger charge is 2.25. The zero-order chi connectivity index (χ0) is 14.7. The molecule has 1 aliphatic heterocycles. The van der Waals surface area contributed by atoms with E-state index in [1.54, 1.807) is 0 Å². The van der Waals surface area contributed by atoms with E-state index in [-0.39, 0.29) is 0 Å². The molecule has 0 aliphatic carbocycles. The van der Waals surface area contributed by atoms with Crippen molar-refractivity contribution in [3.05, 3.63) is 17.6 Å². The van der Waals surface area contributed by atoms with Gasteiger partial charge in [-0.15, -0.1) is 0 Å². The molecule has 112 valence electrons. The van der Waals surface area contributed by atoms with Crippen molar-refractivity contribution in [1.29, 1.82) is 0 Å². The normalized spacial score (nSPS) is 19.8. The molecule has 2 heterocycles. The van der Waals surface area contributed by atoms with Crippen LogP contribution in [0.4, 0.5) is 5.82 Å². The molecule has 0 radical (unpaired) electrons. The molecule has 0 aromatic carbocycles. The topological polar surface area (TPSA) is 32.3 Å². The summed E-state index contributed by atoms with van der Waals surface area (Å²) < 4.78 is 0. The van der Waals surface area contributed by atoms with E-state index in [9.17, 15) is 0 Å². The Balaban J connectivity index is 2.02. The van der Waals surface area contributed by atoms with Crippen LogP contribution in [0.1, 0.15) is 38.6 Å². The third kappa shape index (κ3) is 3.48. The summed E-state index contributed by atoms with van der Waals surface area (Å²) in [6.07, 6.45) is 4.26. The average molecular weight is 276 g/mol. The fourth-order valence-electron chi connectivity index (χ4n) is 3.02. The second kappa shape index (κ2) is 6.53. The van der Waals surface area contributed by atoms with Gasteiger partial charge in [-0.25, -0.2) is 9.97 Å². The largest absolute Gasteiger partial charge is 0.359 e. The predicted molar refractivity (Wildman–Crippen MR) is 84.2 cm³/mol. The lowest BCUT2D eigenvalue weighted by molar-refractivity contribution is 0.265. The molecule has 0 saturated carbocycles. The van der Waals surface area contributed by atoms with Crippen LogP contribution in [0.15, 0.2) is 6.20 Å². The Kier molecular flexibility index (Phi) is 4.97. The summed E-state index contributed by atoms with van der Waals surface area (Å²) in [7, 11) is 2.17. The van der Waals surface area contributed by atoms with Gasteiger partial charge in [-0.2, -0.15) is 0 Å². The van der Waals surface area contributed by atoms with Crippen LogP contribution in [0.5, 0.6) is 0 Å². The highest BCUT2D eigenvalue weighted by Crippen LogP contribution is 2.23. The van der Waals surface area contributed by atoms with Crippen LogP contribution in [0.25, 0.3) is 0 Å². The number of rotatable bonds is 5. The van der Waals surface area contributed by atoms with Gasteiger partial charge in [0.2, 0.25) is 0 Å². The second-order valence-electron chi connectivity index (χ2n) is 6.24. The van der Waals surface area contributed by atoms with Gasteiger partial charge in [0.15, 0.2) is 0 Å². The van der Waals surface area contributed by atoms with Crippen molar-refractivity contribution in [2.24, 2.45) is 5.92 Å². The second-order valence-corrected chi connectivity index (χ2v) is 6.24. The Morgan fingerprint density at radius 1 is 1.45 bits per heavy atom. The van der Waals surface area contributed by atoms with Gasteiger partial charge in [0, 0.05) is 37.9 Å². The molecule has 1 aliphatic rings. The van der Waals surface area contributed by atoms with E-state index in [1.165, 1.54) is 25.1 Å². The Bertz CT molecular complexity index is 444. The minimum atomic E-state index is 0.665. The van der Waals surface area contributed by atoms with Gasteiger partial charge in [0.1, 0.15) is 11.6 Å². The summed E-state index contributed by atoms with van der Waals surface area (Å²) in [6.45, 7) is 12.2. The standard InChI is InChI=1S/C16H28N4/c1-6-15-9-17-13(4)18-16(15)19(5)10-14-7-8-20(11-14)12(2)3/h9,12,14H,6-8,10-11H2,1-5H3/t14-/m1/s1. The first kappa shape index (κ1) is 15.2. The van der Waals surface area contributed by atoms with Crippen LogP contribution >= 0.6 is 0 Å². The fraction of sp³-hybridized carbons (Fsp3) is 0.750. The van der Waals surface area contributed by atoms with Crippen LogP contribution in [0, 0.1) is 12.8 Å². The average Bonchev–Trinajstić information content (AvgIpc) is 2.87. The van der Waals surface area contributed by atoms with Gasteiger partial charge in [-0.1, -0.05) is 6.92 Å². The molecule has 0 unspecified atom stereocenters. The van der Waals surface area contributed by atoms with Crippen molar-refractivity contribution >= 4 is 5.82 Å². The molecule has 0 N–H and O–H groups in total. The van der Waals surface area contributed by atoms with Crippen LogP contribution in [0.2, 0.25) is 0 Å². The summed E-state index contributed by atoms with van der Waals surface area (Å²) in [5, 5.41) is 0. The number of likely N-dealkylation sites (tertiary alicyclic amines) is 1. The van der Waals surface area contributed by atoms with E-state index >= 15 is 0 Å². The smallest absolute Gasteiger partial charge is 0.135 e. The molecule has 1 fully saturated rings. The monoisotopic (exact) mass is 276 g/mol.